The van der Waals surface area contributed by atoms with Crippen LogP contribution in [0.2, 0.25) is 0 Å². The molecule has 1 heterocycles. The molecular weight excluding hydrogens is 258 g/mol. The van der Waals surface area contributed by atoms with Crippen molar-refractivity contribution in [2.75, 3.05) is 33.7 Å². The second-order valence-corrected chi connectivity index (χ2v) is 6.95. The molecule has 21 heavy (non-hydrogen) atoms. The van der Waals surface area contributed by atoms with Gasteiger partial charge >= 0.3 is 0 Å². The van der Waals surface area contributed by atoms with Crippen LogP contribution in [0.5, 0.6) is 0 Å². The van der Waals surface area contributed by atoms with Crippen LogP contribution in [0.4, 0.5) is 0 Å². The Bertz CT molecular complexity index is 416. The summed E-state index contributed by atoms with van der Waals surface area (Å²) in [6, 6.07) is 12.6. The molecule has 1 aromatic rings. The van der Waals surface area contributed by atoms with Gasteiger partial charge in [-0.3, -0.25) is 4.90 Å². The molecular formula is C18H31N3. The van der Waals surface area contributed by atoms with Crippen LogP contribution >= 0.6 is 0 Å². The minimum absolute atomic E-state index is 0.473. The monoisotopic (exact) mass is 289 g/mol. The topological polar surface area (TPSA) is 18.5 Å². The van der Waals surface area contributed by atoms with Crippen molar-refractivity contribution in [3.63, 3.8) is 0 Å². The first-order valence-electron chi connectivity index (χ1n) is 8.17. The largest absolute Gasteiger partial charge is 0.313 e. The number of nitrogens with zero attached hydrogens (tertiary/aromatic N) is 2. The van der Waals surface area contributed by atoms with Crippen LogP contribution in [0.1, 0.15) is 32.4 Å². The highest BCUT2D eigenvalue weighted by Gasteiger charge is 2.35. The highest BCUT2D eigenvalue weighted by Crippen LogP contribution is 2.29. The van der Waals surface area contributed by atoms with Gasteiger partial charge in [-0.2, -0.15) is 0 Å². The predicted octanol–water partition coefficient (Wildman–Crippen LogP) is 2.61. The Morgan fingerprint density at radius 2 is 1.86 bits per heavy atom. The van der Waals surface area contributed by atoms with E-state index in [1.54, 1.807) is 0 Å². The molecule has 1 aromatic carbocycles. The fourth-order valence-corrected chi connectivity index (χ4v) is 3.39. The van der Waals surface area contributed by atoms with Gasteiger partial charge in [0, 0.05) is 37.8 Å². The Morgan fingerprint density at radius 3 is 2.38 bits per heavy atom. The molecule has 1 saturated heterocycles. The van der Waals surface area contributed by atoms with E-state index < -0.39 is 0 Å². The molecule has 0 radical (unpaired) electrons. The number of likely N-dealkylation sites (N-methyl/N-ethyl adjacent to an activating group) is 1. The number of hydrogen-bond donors (Lipinski definition) is 1. The minimum Gasteiger partial charge on any atom is -0.313 e. The maximum atomic E-state index is 3.62. The molecule has 1 aliphatic heterocycles. The zero-order chi connectivity index (χ0) is 15.4. The molecule has 0 amide bonds. The summed E-state index contributed by atoms with van der Waals surface area (Å²) in [6.45, 7) is 10.2. The average Bonchev–Trinajstić information content (AvgIpc) is 2.82. The first-order chi connectivity index (χ1) is 9.99. The van der Waals surface area contributed by atoms with Gasteiger partial charge in [0.25, 0.3) is 0 Å². The standard InChI is InChI=1S/C18H31N3/c1-14(2)19-11-17(16-9-7-6-8-10-16)21-12-15(3)18(13-21)20(4)5/h6-10,14-15,17-19H,11-13H2,1-5H3. The Labute approximate surface area is 130 Å². The van der Waals surface area contributed by atoms with E-state index in [-0.39, 0.29) is 0 Å². The van der Waals surface area contributed by atoms with Crippen LogP contribution in [-0.2, 0) is 0 Å². The minimum atomic E-state index is 0.473. The van der Waals surface area contributed by atoms with Crippen LogP contribution in [0.3, 0.4) is 0 Å². The maximum absolute atomic E-state index is 3.62. The van der Waals surface area contributed by atoms with Crippen molar-refractivity contribution in [3.05, 3.63) is 35.9 Å². The molecule has 0 bridgehead atoms. The third-order valence-corrected chi connectivity index (χ3v) is 4.61. The first-order valence-corrected chi connectivity index (χ1v) is 8.17. The Morgan fingerprint density at radius 1 is 1.19 bits per heavy atom. The summed E-state index contributed by atoms with van der Waals surface area (Å²) in [5.41, 5.74) is 1.43. The van der Waals surface area contributed by atoms with Crippen LogP contribution in [0.15, 0.2) is 30.3 Å². The quantitative estimate of drug-likeness (QED) is 0.868. The van der Waals surface area contributed by atoms with Gasteiger partial charge in [0.1, 0.15) is 0 Å². The molecule has 1 N–H and O–H groups in total. The Kier molecular flexibility index (Phi) is 5.80. The summed E-state index contributed by atoms with van der Waals surface area (Å²) in [6.07, 6.45) is 0. The SMILES string of the molecule is CC(C)NCC(c1ccccc1)N1CC(C)C(N(C)C)C1. The van der Waals surface area contributed by atoms with Crippen molar-refractivity contribution in [2.24, 2.45) is 5.92 Å². The van der Waals surface area contributed by atoms with E-state index in [9.17, 15) is 0 Å². The van der Waals surface area contributed by atoms with Crippen molar-refractivity contribution in [1.82, 2.24) is 15.1 Å². The smallest absolute Gasteiger partial charge is 0.0473 e. The number of nitrogens with one attached hydrogen (secondary N) is 1. The van der Waals surface area contributed by atoms with Crippen molar-refractivity contribution in [3.8, 4) is 0 Å². The molecule has 0 spiro atoms. The highest BCUT2D eigenvalue weighted by atomic mass is 15.3. The van der Waals surface area contributed by atoms with E-state index in [4.69, 9.17) is 0 Å². The lowest BCUT2D eigenvalue weighted by Crippen LogP contribution is -2.39. The van der Waals surface area contributed by atoms with E-state index in [0.717, 1.165) is 19.0 Å². The van der Waals surface area contributed by atoms with Gasteiger partial charge in [-0.25, -0.2) is 0 Å². The van der Waals surface area contributed by atoms with Crippen LogP contribution in [-0.4, -0.2) is 55.6 Å². The third-order valence-electron chi connectivity index (χ3n) is 4.61. The average molecular weight is 289 g/mol. The number of hydrogen-bond acceptors (Lipinski definition) is 3. The van der Waals surface area contributed by atoms with Crippen molar-refractivity contribution >= 4 is 0 Å². The molecule has 3 unspecified atom stereocenters. The summed E-state index contributed by atoms with van der Waals surface area (Å²) in [5.74, 6) is 0.727. The molecule has 0 aromatic heterocycles. The number of rotatable bonds is 6. The second-order valence-electron chi connectivity index (χ2n) is 6.95. The highest BCUT2D eigenvalue weighted by molar-refractivity contribution is 5.20. The molecule has 0 aliphatic carbocycles. The van der Waals surface area contributed by atoms with Gasteiger partial charge in [0.15, 0.2) is 0 Å². The van der Waals surface area contributed by atoms with Crippen molar-refractivity contribution in [2.45, 2.75) is 38.9 Å². The molecule has 118 valence electrons. The Hall–Kier alpha value is -0.900. The van der Waals surface area contributed by atoms with Crippen molar-refractivity contribution < 1.29 is 0 Å². The summed E-state index contributed by atoms with van der Waals surface area (Å²) in [4.78, 5) is 5.03. The van der Waals surface area contributed by atoms with Crippen LogP contribution in [0, 0.1) is 5.92 Å². The van der Waals surface area contributed by atoms with Gasteiger partial charge in [-0.15, -0.1) is 0 Å². The fraction of sp³-hybridized carbons (Fsp3) is 0.667. The van der Waals surface area contributed by atoms with Gasteiger partial charge in [-0.05, 0) is 25.6 Å². The molecule has 3 heteroatoms. The second kappa shape index (κ2) is 7.39. The van der Waals surface area contributed by atoms with Crippen molar-refractivity contribution in [1.29, 1.82) is 0 Å². The normalized spacial score (nSPS) is 24.9. The lowest BCUT2D eigenvalue weighted by molar-refractivity contribution is 0.209. The molecule has 1 aliphatic rings. The Balaban J connectivity index is 2.13. The molecule has 3 nitrogen and oxygen atoms in total. The van der Waals surface area contributed by atoms with E-state index in [2.05, 4.69) is 80.3 Å². The van der Waals surface area contributed by atoms with Gasteiger partial charge in [0.2, 0.25) is 0 Å². The molecule has 2 rings (SSSR count). The lowest BCUT2D eigenvalue weighted by Gasteiger charge is -2.30. The summed E-state index contributed by atoms with van der Waals surface area (Å²) >= 11 is 0. The molecule has 3 atom stereocenters. The number of benzene rings is 1. The van der Waals surface area contributed by atoms with E-state index in [1.807, 2.05) is 0 Å². The molecule has 1 fully saturated rings. The van der Waals surface area contributed by atoms with Gasteiger partial charge in [0.05, 0.1) is 0 Å². The van der Waals surface area contributed by atoms with Crippen LogP contribution < -0.4 is 5.32 Å². The predicted molar refractivity (Wildman–Crippen MR) is 90.5 cm³/mol. The summed E-state index contributed by atoms with van der Waals surface area (Å²) < 4.78 is 0. The lowest BCUT2D eigenvalue weighted by atomic mass is 10.1. The number of likely N-dealkylation sites (tertiary alicyclic amines) is 1. The summed E-state index contributed by atoms with van der Waals surface area (Å²) in [5, 5.41) is 3.62. The fourth-order valence-electron chi connectivity index (χ4n) is 3.39. The van der Waals surface area contributed by atoms with E-state index in [0.29, 0.717) is 18.1 Å². The third kappa shape index (κ3) is 4.29. The van der Waals surface area contributed by atoms with E-state index in [1.165, 1.54) is 12.1 Å². The zero-order valence-electron chi connectivity index (χ0n) is 14.2. The maximum Gasteiger partial charge on any atom is 0.0473 e. The van der Waals surface area contributed by atoms with Gasteiger partial charge < -0.3 is 10.2 Å². The first kappa shape index (κ1) is 16.5. The molecule has 0 saturated carbocycles. The van der Waals surface area contributed by atoms with E-state index >= 15 is 0 Å². The van der Waals surface area contributed by atoms with Gasteiger partial charge in [-0.1, -0.05) is 51.1 Å². The van der Waals surface area contributed by atoms with Crippen LogP contribution in [0.25, 0.3) is 0 Å². The zero-order valence-corrected chi connectivity index (χ0v) is 14.2. The summed E-state index contributed by atoms with van der Waals surface area (Å²) in [7, 11) is 4.41.